The number of phenols is 2. The van der Waals surface area contributed by atoms with Crippen LogP contribution in [0.1, 0.15) is 54.9 Å². The molecule has 24 nitrogen and oxygen atoms in total. The van der Waals surface area contributed by atoms with Crippen LogP contribution in [0.5, 0.6) is 11.5 Å². The van der Waals surface area contributed by atoms with E-state index in [1.807, 2.05) is 0 Å². The molecule has 18 N–H and O–H groups in total. The number of unbranched alkanes of at least 4 members (excludes halogenated alkanes) is 1. The minimum Gasteiger partial charge on any atom is -0.508 e. The number of nitrogens with two attached hydrogens (primary N) is 3. The first-order chi connectivity index (χ1) is 39.1. The van der Waals surface area contributed by atoms with E-state index in [4.69, 9.17) is 28.8 Å². The molecule has 9 atom stereocenters. The van der Waals surface area contributed by atoms with E-state index in [9.17, 15) is 63.6 Å². The number of rotatable bonds is 21. The molecular weight excluding hydrogens is 1120 g/mol. The highest BCUT2D eigenvalue weighted by Gasteiger charge is 2.36. The SMILES string of the molecule is CC(O)C1NC(=O)[C@H](CCCCN)NC(=O)[C@@H](Cc2ccc(NC(=O)[C@@H](N)CO)cc2)NC(=O)[C@H](Cc2ccc(O)cc2)NC(=O)[C@H](NC(=O)CCc2ccc(Cl)cc2)CSSC[C@@H](C(=O)N[C@H](Cc2ccc(O)cc2)C(N)=O)NC1=O. The van der Waals surface area contributed by atoms with Crippen molar-refractivity contribution in [2.24, 2.45) is 17.2 Å². The number of amides is 9. The van der Waals surface area contributed by atoms with Gasteiger partial charge in [-0.3, -0.25) is 43.2 Å². The van der Waals surface area contributed by atoms with Crippen LogP contribution in [0.2, 0.25) is 5.02 Å². The predicted octanol–water partition coefficient (Wildman–Crippen LogP) is -0.546. The highest BCUT2D eigenvalue weighted by molar-refractivity contribution is 8.76. The lowest BCUT2D eigenvalue weighted by atomic mass is 10.0. The molecule has 4 aromatic carbocycles. The van der Waals surface area contributed by atoms with E-state index in [1.165, 1.54) is 79.7 Å². The second-order valence-corrected chi connectivity index (χ2v) is 22.4. The lowest BCUT2D eigenvalue weighted by molar-refractivity contribution is -0.136. The molecule has 9 amide bonds. The van der Waals surface area contributed by atoms with Gasteiger partial charge in [0, 0.05) is 47.9 Å². The van der Waals surface area contributed by atoms with Crippen LogP contribution in [0, 0.1) is 0 Å². The average molecular weight is 1190 g/mol. The van der Waals surface area contributed by atoms with Crippen LogP contribution in [-0.2, 0) is 68.8 Å². The zero-order chi connectivity index (χ0) is 59.9. The van der Waals surface area contributed by atoms with Crippen molar-refractivity contribution in [2.75, 3.05) is 30.0 Å². The number of aliphatic hydroxyl groups excluding tert-OH is 2. The summed E-state index contributed by atoms with van der Waals surface area (Å²) < 4.78 is 0. The molecular formula is C55H70ClN11O13S2. The number of carbonyl (C=O) groups excluding carboxylic acids is 9. The molecule has 1 aliphatic heterocycles. The maximum Gasteiger partial charge on any atom is 0.245 e. The molecule has 82 heavy (non-hydrogen) atoms. The normalized spacial score (nSPS) is 20.7. The molecule has 2 unspecified atom stereocenters. The van der Waals surface area contributed by atoms with Gasteiger partial charge in [0.05, 0.1) is 12.7 Å². The number of primary amides is 1. The summed E-state index contributed by atoms with van der Waals surface area (Å²) in [7, 11) is 1.95. The van der Waals surface area contributed by atoms with Crippen LogP contribution >= 0.6 is 33.2 Å². The van der Waals surface area contributed by atoms with E-state index in [2.05, 4.69) is 42.5 Å². The van der Waals surface area contributed by atoms with Crippen molar-refractivity contribution in [3.63, 3.8) is 0 Å². The number of benzene rings is 4. The summed E-state index contributed by atoms with van der Waals surface area (Å²) in [6.07, 6.45) is -1.45. The first kappa shape index (κ1) is 65.4. The lowest BCUT2D eigenvalue weighted by Gasteiger charge is -2.29. The Morgan fingerprint density at radius 3 is 1.77 bits per heavy atom. The van der Waals surface area contributed by atoms with Crippen molar-refractivity contribution < 1.29 is 63.6 Å². The van der Waals surface area contributed by atoms with Gasteiger partial charge in [-0.1, -0.05) is 81.7 Å². The van der Waals surface area contributed by atoms with Gasteiger partial charge >= 0.3 is 0 Å². The number of hydrogen-bond donors (Lipinski definition) is 15. The molecule has 27 heteroatoms. The molecule has 1 heterocycles. The van der Waals surface area contributed by atoms with E-state index in [0.29, 0.717) is 28.1 Å². The molecule has 0 saturated carbocycles. The van der Waals surface area contributed by atoms with Crippen molar-refractivity contribution in [2.45, 2.75) is 113 Å². The summed E-state index contributed by atoms with van der Waals surface area (Å²) in [4.78, 5) is 126. The molecule has 0 aromatic heterocycles. The summed E-state index contributed by atoms with van der Waals surface area (Å²) in [5.41, 5.74) is 19.6. The first-order valence-electron chi connectivity index (χ1n) is 26.2. The Hall–Kier alpha value is -7.46. The van der Waals surface area contributed by atoms with Gasteiger partial charge in [0.2, 0.25) is 53.2 Å². The summed E-state index contributed by atoms with van der Waals surface area (Å²) in [5, 5.41) is 61.9. The molecule has 0 aliphatic carbocycles. The number of anilines is 1. The second kappa shape index (κ2) is 32.8. The molecule has 1 aliphatic rings. The molecule has 5 rings (SSSR count). The van der Waals surface area contributed by atoms with Crippen molar-refractivity contribution in [1.29, 1.82) is 0 Å². The number of aryl methyl sites for hydroxylation is 1. The van der Waals surface area contributed by atoms with Crippen LogP contribution in [0.4, 0.5) is 5.69 Å². The zero-order valence-corrected chi connectivity index (χ0v) is 47.2. The molecule has 1 saturated heterocycles. The molecule has 442 valence electrons. The van der Waals surface area contributed by atoms with E-state index >= 15 is 0 Å². The fourth-order valence-electron chi connectivity index (χ4n) is 8.20. The summed E-state index contributed by atoms with van der Waals surface area (Å²) in [5.74, 6) is -8.39. The predicted molar refractivity (Wildman–Crippen MR) is 309 cm³/mol. The monoisotopic (exact) mass is 1190 g/mol. The van der Waals surface area contributed by atoms with Crippen LogP contribution in [-0.4, -0.2) is 153 Å². The fraction of sp³-hybridized carbons (Fsp3) is 0.400. The van der Waals surface area contributed by atoms with Gasteiger partial charge in [-0.2, -0.15) is 0 Å². The van der Waals surface area contributed by atoms with Gasteiger partial charge in [0.15, 0.2) is 0 Å². The smallest absolute Gasteiger partial charge is 0.245 e. The van der Waals surface area contributed by atoms with Crippen LogP contribution in [0.15, 0.2) is 97.1 Å². The third-order valence-electron chi connectivity index (χ3n) is 12.9. The minimum absolute atomic E-state index is 0.0521. The van der Waals surface area contributed by atoms with Crippen LogP contribution in [0.3, 0.4) is 0 Å². The lowest BCUT2D eigenvalue weighted by Crippen LogP contribution is -2.62. The van der Waals surface area contributed by atoms with Crippen LogP contribution in [0.25, 0.3) is 0 Å². The summed E-state index contributed by atoms with van der Waals surface area (Å²) in [6.45, 7) is 0.794. The minimum atomic E-state index is -1.76. The Morgan fingerprint density at radius 2 is 1.21 bits per heavy atom. The largest absolute Gasteiger partial charge is 0.508 e. The molecule has 1 fully saturated rings. The number of hydrogen-bond acceptors (Lipinski definition) is 17. The maximum atomic E-state index is 14.8. The van der Waals surface area contributed by atoms with E-state index in [1.54, 1.807) is 24.3 Å². The van der Waals surface area contributed by atoms with E-state index in [0.717, 1.165) is 27.2 Å². The Labute approximate surface area is 486 Å². The maximum absolute atomic E-state index is 14.8. The Balaban J connectivity index is 1.56. The van der Waals surface area contributed by atoms with Gasteiger partial charge in [0.25, 0.3) is 0 Å². The highest BCUT2D eigenvalue weighted by Crippen LogP contribution is 2.25. The van der Waals surface area contributed by atoms with Crippen LogP contribution < -0.4 is 59.7 Å². The first-order valence-corrected chi connectivity index (χ1v) is 29.1. The van der Waals surface area contributed by atoms with Gasteiger partial charge < -0.3 is 80.2 Å². The summed E-state index contributed by atoms with van der Waals surface area (Å²) in [6, 6.07) is 12.8. The third kappa shape index (κ3) is 21.5. The number of halogens is 1. The number of nitrogens with one attached hydrogen (secondary N) is 8. The van der Waals surface area contributed by atoms with Crippen molar-refractivity contribution >= 4 is 92.0 Å². The van der Waals surface area contributed by atoms with E-state index < -0.39 is 114 Å². The Bertz CT molecular complexity index is 2820. The topological polar surface area (TPSA) is 409 Å². The molecule has 0 spiro atoms. The van der Waals surface area contributed by atoms with Gasteiger partial charge in [0.1, 0.15) is 59.8 Å². The van der Waals surface area contributed by atoms with Crippen molar-refractivity contribution in [1.82, 2.24) is 37.2 Å². The number of aliphatic hydroxyl groups is 2. The standard InChI is InChI=1S/C55H70ClN11O13S2/c1-30(69)47-55(80)66-45(54(79)63-41(48(59)73)24-33-9-18-37(70)19-10-33)29-82-81-28-44(61-46(72)22-13-31-5-14-35(56)15-6-31)53(78)65-43(26-34-11-20-38(71)21-12-34)52(77)64-42(51(76)62-40(50(75)67-47)4-2-3-23-57)25-32-7-16-36(17-8-32)60-49(74)39(58)27-68/h5-12,14-21,30,39-45,47,68-71H,2-4,13,22-29,57-58H2,1H3,(H2,59,73)(H,60,74)(H,61,72)(H,62,76)(H,63,79)(H,64,77)(H,65,78)(H,66,80)(H,67,75)/t30?,39-,40-,41+,42+,43-,44+,45-,47?/m0/s1. The Morgan fingerprint density at radius 1 is 0.683 bits per heavy atom. The summed E-state index contributed by atoms with van der Waals surface area (Å²) >= 11 is 6.07. The highest BCUT2D eigenvalue weighted by atomic mass is 35.5. The second-order valence-electron chi connectivity index (χ2n) is 19.5. The zero-order valence-electron chi connectivity index (χ0n) is 44.8. The average Bonchev–Trinajstić information content (AvgIpc) is 3.45. The third-order valence-corrected chi connectivity index (χ3v) is 15.6. The molecule has 0 bridgehead atoms. The van der Waals surface area contributed by atoms with Gasteiger partial charge in [-0.15, -0.1) is 0 Å². The molecule has 4 aromatic rings. The fourth-order valence-corrected chi connectivity index (χ4v) is 10.7. The quantitative estimate of drug-likeness (QED) is 0.0368. The number of aromatic hydroxyl groups is 2. The van der Waals surface area contributed by atoms with E-state index in [-0.39, 0.29) is 80.2 Å². The number of phenolic OH excluding ortho intramolecular Hbond substituents is 2. The van der Waals surface area contributed by atoms with Crippen molar-refractivity contribution in [3.8, 4) is 11.5 Å². The van der Waals surface area contributed by atoms with Crippen molar-refractivity contribution in [3.05, 3.63) is 124 Å². The number of carbonyl (C=O) groups is 9. The molecule has 0 radical (unpaired) electrons. The van der Waals surface area contributed by atoms with Gasteiger partial charge in [-0.05, 0) is 110 Å². The Kier molecular flexibility index (Phi) is 26.2. The van der Waals surface area contributed by atoms with Gasteiger partial charge in [-0.25, -0.2) is 0 Å².